The molecule has 2 aromatic rings. The van der Waals surface area contributed by atoms with Crippen molar-refractivity contribution in [3.05, 3.63) is 52.6 Å². The molecular weight excluding hydrogens is 243 g/mol. The summed E-state index contributed by atoms with van der Waals surface area (Å²) in [6, 6.07) is 6.54. The van der Waals surface area contributed by atoms with E-state index in [2.05, 4.69) is 4.98 Å². The maximum atomic E-state index is 13.7. The topological polar surface area (TPSA) is 48.1 Å². The molecule has 100 valence electrons. The summed E-state index contributed by atoms with van der Waals surface area (Å²) in [5, 5.41) is 0. The molecule has 0 aliphatic carbocycles. The fourth-order valence-corrected chi connectivity index (χ4v) is 1.97. The number of benzene rings is 1. The fraction of sp³-hybridized carbons (Fsp3) is 0.267. The maximum absolute atomic E-state index is 13.7. The summed E-state index contributed by atoms with van der Waals surface area (Å²) in [6.07, 6.45) is 0. The minimum Gasteiger partial charge on any atom is -0.454 e. The van der Waals surface area contributed by atoms with Gasteiger partial charge in [0.25, 0.3) is 0 Å². The van der Waals surface area contributed by atoms with Crippen molar-refractivity contribution in [1.82, 2.24) is 4.98 Å². The van der Waals surface area contributed by atoms with E-state index in [4.69, 9.17) is 10.5 Å². The van der Waals surface area contributed by atoms with Crippen LogP contribution in [0.2, 0.25) is 0 Å². The highest BCUT2D eigenvalue weighted by Gasteiger charge is 2.11. The molecular formula is C15H17FN2O. The van der Waals surface area contributed by atoms with Crippen LogP contribution in [0.4, 0.5) is 4.39 Å². The first-order valence-corrected chi connectivity index (χ1v) is 6.12. The van der Waals surface area contributed by atoms with Gasteiger partial charge in [0, 0.05) is 29.6 Å². The van der Waals surface area contributed by atoms with E-state index in [0.29, 0.717) is 12.3 Å². The van der Waals surface area contributed by atoms with Crippen molar-refractivity contribution in [1.29, 1.82) is 0 Å². The molecule has 0 unspecified atom stereocenters. The van der Waals surface area contributed by atoms with Gasteiger partial charge in [-0.15, -0.1) is 0 Å². The van der Waals surface area contributed by atoms with Crippen molar-refractivity contribution in [3.63, 3.8) is 0 Å². The highest BCUT2D eigenvalue weighted by molar-refractivity contribution is 5.42. The lowest BCUT2D eigenvalue weighted by Gasteiger charge is -2.13. The standard InChI is InChI=1S/C15H17FN2O/c1-9-4-5-13(16)15(6-9)19-14-7-10(2)18-11(3)12(14)8-17/h4-7H,8,17H2,1-3H3. The van der Waals surface area contributed by atoms with Crippen LogP contribution in [0.5, 0.6) is 11.5 Å². The minimum atomic E-state index is -0.388. The minimum absolute atomic E-state index is 0.208. The predicted octanol–water partition coefficient (Wildman–Crippen LogP) is 3.40. The van der Waals surface area contributed by atoms with Crippen LogP contribution in [0.25, 0.3) is 0 Å². The molecule has 0 spiro atoms. The molecule has 0 radical (unpaired) electrons. The Bertz CT molecular complexity index is 611. The molecule has 0 aliphatic heterocycles. The Morgan fingerprint density at radius 2 is 1.89 bits per heavy atom. The van der Waals surface area contributed by atoms with E-state index in [1.807, 2.05) is 20.8 Å². The van der Waals surface area contributed by atoms with E-state index in [1.54, 1.807) is 18.2 Å². The third-order valence-electron chi connectivity index (χ3n) is 2.93. The van der Waals surface area contributed by atoms with Gasteiger partial charge < -0.3 is 10.5 Å². The van der Waals surface area contributed by atoms with Gasteiger partial charge in [-0.05, 0) is 38.5 Å². The molecule has 0 saturated heterocycles. The first-order chi connectivity index (χ1) is 9.01. The quantitative estimate of drug-likeness (QED) is 0.920. The van der Waals surface area contributed by atoms with Crippen LogP contribution in [-0.4, -0.2) is 4.98 Å². The van der Waals surface area contributed by atoms with Gasteiger partial charge in [-0.1, -0.05) is 6.07 Å². The van der Waals surface area contributed by atoms with Crippen molar-refractivity contribution in [2.45, 2.75) is 27.3 Å². The second-order valence-electron chi connectivity index (χ2n) is 4.57. The van der Waals surface area contributed by atoms with E-state index in [1.165, 1.54) is 6.07 Å². The maximum Gasteiger partial charge on any atom is 0.165 e. The first-order valence-electron chi connectivity index (χ1n) is 6.12. The summed E-state index contributed by atoms with van der Waals surface area (Å²) in [4.78, 5) is 4.33. The number of aromatic nitrogens is 1. The molecule has 1 heterocycles. The van der Waals surface area contributed by atoms with Crippen LogP contribution in [0.3, 0.4) is 0 Å². The van der Waals surface area contributed by atoms with Crippen LogP contribution in [-0.2, 0) is 6.54 Å². The van der Waals surface area contributed by atoms with Crippen LogP contribution < -0.4 is 10.5 Å². The average Bonchev–Trinajstić information content (AvgIpc) is 2.33. The summed E-state index contributed by atoms with van der Waals surface area (Å²) < 4.78 is 19.4. The van der Waals surface area contributed by atoms with Gasteiger partial charge >= 0.3 is 0 Å². The Labute approximate surface area is 112 Å². The Balaban J connectivity index is 2.45. The zero-order valence-electron chi connectivity index (χ0n) is 11.3. The van der Waals surface area contributed by atoms with Gasteiger partial charge in [0.05, 0.1) is 0 Å². The van der Waals surface area contributed by atoms with Crippen molar-refractivity contribution in [2.75, 3.05) is 0 Å². The van der Waals surface area contributed by atoms with Gasteiger partial charge in [0.15, 0.2) is 11.6 Å². The largest absolute Gasteiger partial charge is 0.454 e. The summed E-state index contributed by atoms with van der Waals surface area (Å²) in [5.74, 6) is 0.386. The Kier molecular flexibility index (Phi) is 3.81. The van der Waals surface area contributed by atoms with Crippen LogP contribution in [0.1, 0.15) is 22.5 Å². The summed E-state index contributed by atoms with van der Waals surface area (Å²) in [7, 11) is 0. The van der Waals surface area contributed by atoms with Gasteiger partial charge in [0.2, 0.25) is 0 Å². The summed E-state index contributed by atoms with van der Waals surface area (Å²) in [5.41, 5.74) is 9.07. The predicted molar refractivity (Wildman–Crippen MR) is 72.8 cm³/mol. The highest BCUT2D eigenvalue weighted by atomic mass is 19.1. The molecule has 19 heavy (non-hydrogen) atoms. The molecule has 4 heteroatoms. The number of hydrogen-bond donors (Lipinski definition) is 1. The molecule has 0 amide bonds. The fourth-order valence-electron chi connectivity index (χ4n) is 1.97. The monoisotopic (exact) mass is 260 g/mol. The van der Waals surface area contributed by atoms with Crippen molar-refractivity contribution in [2.24, 2.45) is 5.73 Å². The highest BCUT2D eigenvalue weighted by Crippen LogP contribution is 2.29. The molecule has 2 N–H and O–H groups in total. The number of ether oxygens (including phenoxy) is 1. The van der Waals surface area contributed by atoms with E-state index < -0.39 is 0 Å². The SMILES string of the molecule is Cc1ccc(F)c(Oc2cc(C)nc(C)c2CN)c1. The van der Waals surface area contributed by atoms with Gasteiger partial charge in [-0.2, -0.15) is 0 Å². The van der Waals surface area contributed by atoms with Gasteiger partial charge in [-0.25, -0.2) is 4.39 Å². The smallest absolute Gasteiger partial charge is 0.165 e. The number of rotatable bonds is 3. The van der Waals surface area contributed by atoms with Crippen molar-refractivity contribution < 1.29 is 9.13 Å². The molecule has 0 fully saturated rings. The third-order valence-corrected chi connectivity index (χ3v) is 2.93. The van der Waals surface area contributed by atoms with Crippen LogP contribution in [0.15, 0.2) is 24.3 Å². The molecule has 0 atom stereocenters. The number of halogens is 1. The number of nitrogens with two attached hydrogens (primary N) is 1. The Morgan fingerprint density at radius 1 is 1.16 bits per heavy atom. The van der Waals surface area contributed by atoms with Crippen molar-refractivity contribution in [3.8, 4) is 11.5 Å². The average molecular weight is 260 g/mol. The zero-order chi connectivity index (χ0) is 14.0. The molecule has 1 aromatic carbocycles. The molecule has 0 bridgehead atoms. The third kappa shape index (κ3) is 2.90. The molecule has 1 aromatic heterocycles. The normalized spacial score (nSPS) is 10.6. The number of aryl methyl sites for hydroxylation is 3. The Hall–Kier alpha value is -1.94. The van der Waals surface area contributed by atoms with E-state index >= 15 is 0 Å². The lowest BCUT2D eigenvalue weighted by molar-refractivity contribution is 0.435. The summed E-state index contributed by atoms with van der Waals surface area (Å²) in [6.45, 7) is 5.93. The van der Waals surface area contributed by atoms with Crippen LogP contribution in [0, 0.1) is 26.6 Å². The van der Waals surface area contributed by atoms with E-state index in [-0.39, 0.29) is 11.6 Å². The number of hydrogen-bond acceptors (Lipinski definition) is 3. The summed E-state index contributed by atoms with van der Waals surface area (Å²) >= 11 is 0. The van der Waals surface area contributed by atoms with Gasteiger partial charge in [-0.3, -0.25) is 4.98 Å². The van der Waals surface area contributed by atoms with Gasteiger partial charge in [0.1, 0.15) is 5.75 Å². The van der Waals surface area contributed by atoms with E-state index in [0.717, 1.165) is 22.5 Å². The lowest BCUT2D eigenvalue weighted by Crippen LogP contribution is -2.05. The number of pyridine rings is 1. The Morgan fingerprint density at radius 3 is 2.58 bits per heavy atom. The van der Waals surface area contributed by atoms with Crippen molar-refractivity contribution >= 4 is 0 Å². The van der Waals surface area contributed by atoms with Crippen LogP contribution >= 0.6 is 0 Å². The zero-order valence-corrected chi connectivity index (χ0v) is 11.3. The second kappa shape index (κ2) is 5.36. The first kappa shape index (κ1) is 13.5. The van der Waals surface area contributed by atoms with E-state index in [9.17, 15) is 4.39 Å². The molecule has 2 rings (SSSR count). The molecule has 3 nitrogen and oxygen atoms in total. The second-order valence-corrected chi connectivity index (χ2v) is 4.57. The number of nitrogens with zero attached hydrogens (tertiary/aromatic N) is 1. The molecule has 0 saturated carbocycles. The lowest BCUT2D eigenvalue weighted by atomic mass is 10.1. The molecule has 0 aliphatic rings.